The normalized spacial score (nSPS) is 19.0. The molecule has 0 radical (unpaired) electrons. The van der Waals surface area contributed by atoms with Gasteiger partial charge in [0.15, 0.2) is 0 Å². The Balaban J connectivity index is 0.000000181. The van der Waals surface area contributed by atoms with Crippen molar-refractivity contribution in [3.05, 3.63) is 94.1 Å². The van der Waals surface area contributed by atoms with E-state index in [2.05, 4.69) is 10.2 Å². The van der Waals surface area contributed by atoms with E-state index in [0.717, 1.165) is 54.9 Å². The molecule has 2 fully saturated rings. The van der Waals surface area contributed by atoms with Gasteiger partial charge in [-0.1, -0.05) is 12.1 Å². The number of rotatable bonds is 9. The first kappa shape index (κ1) is 34.2. The SMILES string of the molecule is Cl.NC/C(=C\F)Cn1ncc2c1CCN(C1CC1)C2=O.O=C1c2ccccc2C(=O)N1C/C(=C\F)Cn1ncc2c1CCN(C1CC1)C2=O. The van der Waals surface area contributed by atoms with Crippen molar-refractivity contribution in [1.29, 1.82) is 0 Å². The summed E-state index contributed by atoms with van der Waals surface area (Å²) in [5, 5.41) is 8.48. The standard InChI is InChI=1S/C21H19FN4O3.C13H17FN4O.ClH/c22-9-13(11-25-19(27)15-3-1-2-4-16(15)20(25)28)12-26-18-7-8-24(14-5-6-14)21(29)17(18)10-23-26;14-5-9(6-15)8-18-12-3-4-17(10-1-2-10)13(19)11(12)7-16-18;/h1-4,9-10,14H,5-8,11-12H2;5,7,10H,1-4,6,8,15H2;1H/b13-9+;9-5+;. The molecule has 2 aromatic heterocycles. The van der Waals surface area contributed by atoms with Crippen LogP contribution < -0.4 is 5.73 Å². The molecule has 0 saturated heterocycles. The molecule has 0 spiro atoms. The van der Waals surface area contributed by atoms with Gasteiger partial charge >= 0.3 is 0 Å². The lowest BCUT2D eigenvalue weighted by Gasteiger charge is -2.27. The number of amides is 4. The van der Waals surface area contributed by atoms with Crippen molar-refractivity contribution in [3.63, 3.8) is 0 Å². The zero-order chi connectivity index (χ0) is 33.5. The lowest BCUT2D eigenvalue weighted by atomic mass is 10.1. The summed E-state index contributed by atoms with van der Waals surface area (Å²) in [7, 11) is 0. The Bertz CT molecular complexity index is 1830. The van der Waals surface area contributed by atoms with Crippen molar-refractivity contribution in [2.75, 3.05) is 26.2 Å². The van der Waals surface area contributed by atoms with Crippen LogP contribution in [0, 0.1) is 0 Å². The maximum absolute atomic E-state index is 13.6. The molecule has 5 heterocycles. The number of halogens is 3. The summed E-state index contributed by atoms with van der Waals surface area (Å²) in [6.07, 6.45) is 9.81. The zero-order valence-corrected chi connectivity index (χ0v) is 27.6. The minimum absolute atomic E-state index is 0. The minimum atomic E-state index is -0.428. The summed E-state index contributed by atoms with van der Waals surface area (Å²) in [6.45, 7) is 1.77. The van der Waals surface area contributed by atoms with Gasteiger partial charge in [0.2, 0.25) is 0 Å². The van der Waals surface area contributed by atoms with E-state index in [9.17, 15) is 28.0 Å². The molecular weight excluding hydrogens is 658 g/mol. The number of carbonyl (C=O) groups is 4. The highest BCUT2D eigenvalue weighted by Gasteiger charge is 2.39. The van der Waals surface area contributed by atoms with Crippen LogP contribution in [0.5, 0.6) is 0 Å². The average molecular weight is 695 g/mol. The van der Waals surface area contributed by atoms with Crippen LogP contribution in [-0.4, -0.2) is 96.2 Å². The van der Waals surface area contributed by atoms with Crippen molar-refractivity contribution in [2.24, 2.45) is 5.73 Å². The molecule has 8 rings (SSSR count). The van der Waals surface area contributed by atoms with Gasteiger partial charge in [-0.15, -0.1) is 12.4 Å². The Hall–Kier alpha value is -4.69. The number of nitrogens with two attached hydrogens (primary N) is 1. The molecule has 49 heavy (non-hydrogen) atoms. The molecule has 3 aromatic rings. The van der Waals surface area contributed by atoms with Crippen LogP contribution in [0.4, 0.5) is 8.78 Å². The lowest BCUT2D eigenvalue weighted by molar-refractivity contribution is 0.0663. The third-order valence-electron chi connectivity index (χ3n) is 9.55. The molecule has 258 valence electrons. The second kappa shape index (κ2) is 14.0. The van der Waals surface area contributed by atoms with Crippen molar-refractivity contribution < 1.29 is 28.0 Å². The molecule has 2 saturated carbocycles. The first-order valence-electron chi connectivity index (χ1n) is 16.3. The summed E-state index contributed by atoms with van der Waals surface area (Å²) in [5.74, 6) is -0.815. The molecule has 1 aromatic carbocycles. The van der Waals surface area contributed by atoms with Crippen LogP contribution >= 0.6 is 12.4 Å². The molecule has 0 unspecified atom stereocenters. The molecular formula is C34H37ClF2N8O4. The van der Waals surface area contributed by atoms with Crippen LogP contribution in [-0.2, 0) is 25.9 Å². The van der Waals surface area contributed by atoms with E-state index in [-0.39, 0.29) is 49.4 Å². The Morgan fingerprint density at radius 2 is 1.14 bits per heavy atom. The van der Waals surface area contributed by atoms with E-state index in [1.165, 1.54) is 6.20 Å². The smallest absolute Gasteiger partial charge is 0.261 e. The molecule has 12 nitrogen and oxygen atoms in total. The number of carbonyl (C=O) groups excluding carboxylic acids is 4. The van der Waals surface area contributed by atoms with E-state index in [1.54, 1.807) is 39.8 Å². The van der Waals surface area contributed by atoms with Crippen LogP contribution in [0.3, 0.4) is 0 Å². The summed E-state index contributed by atoms with van der Waals surface area (Å²) in [6, 6.07) is 7.34. The molecule has 4 amide bonds. The molecule has 3 aliphatic heterocycles. The summed E-state index contributed by atoms with van der Waals surface area (Å²) < 4.78 is 29.5. The summed E-state index contributed by atoms with van der Waals surface area (Å²) in [5.41, 5.74) is 9.71. The Kier molecular flexibility index (Phi) is 9.79. The van der Waals surface area contributed by atoms with Crippen LogP contribution in [0.2, 0.25) is 0 Å². The third kappa shape index (κ3) is 6.54. The third-order valence-corrected chi connectivity index (χ3v) is 9.55. The largest absolute Gasteiger partial charge is 0.335 e. The number of nitrogens with zero attached hydrogens (tertiary/aromatic N) is 7. The Labute approximate surface area is 287 Å². The zero-order valence-electron chi connectivity index (χ0n) is 26.8. The van der Waals surface area contributed by atoms with Gasteiger partial charge in [0, 0.05) is 44.6 Å². The van der Waals surface area contributed by atoms with Gasteiger partial charge in [0.25, 0.3) is 23.6 Å². The average Bonchev–Trinajstić information content (AvgIpc) is 4.04. The highest BCUT2D eigenvalue weighted by atomic mass is 35.5. The first-order valence-corrected chi connectivity index (χ1v) is 16.3. The number of benzene rings is 1. The van der Waals surface area contributed by atoms with E-state index in [1.807, 2.05) is 9.80 Å². The van der Waals surface area contributed by atoms with Crippen molar-refractivity contribution >= 4 is 36.0 Å². The fourth-order valence-corrected chi connectivity index (χ4v) is 6.65. The summed E-state index contributed by atoms with van der Waals surface area (Å²) >= 11 is 0. The van der Waals surface area contributed by atoms with Crippen molar-refractivity contribution in [3.8, 4) is 0 Å². The lowest BCUT2D eigenvalue weighted by Crippen LogP contribution is -2.39. The van der Waals surface area contributed by atoms with Crippen LogP contribution in [0.15, 0.2) is 60.5 Å². The minimum Gasteiger partial charge on any atom is -0.335 e. The quantitative estimate of drug-likeness (QED) is 0.339. The van der Waals surface area contributed by atoms with Gasteiger partial charge in [-0.25, -0.2) is 8.78 Å². The van der Waals surface area contributed by atoms with Gasteiger partial charge in [-0.2, -0.15) is 10.2 Å². The van der Waals surface area contributed by atoms with Crippen LogP contribution in [0.25, 0.3) is 0 Å². The maximum atomic E-state index is 13.6. The molecule has 2 N–H and O–H groups in total. The van der Waals surface area contributed by atoms with Gasteiger partial charge in [-0.3, -0.25) is 33.4 Å². The van der Waals surface area contributed by atoms with Crippen molar-refractivity contribution in [2.45, 2.75) is 63.7 Å². The van der Waals surface area contributed by atoms with E-state index in [0.29, 0.717) is 72.1 Å². The molecule has 2 aliphatic carbocycles. The van der Waals surface area contributed by atoms with Crippen molar-refractivity contribution in [1.82, 2.24) is 34.3 Å². The molecule has 5 aliphatic rings. The summed E-state index contributed by atoms with van der Waals surface area (Å²) in [4.78, 5) is 54.9. The second-order valence-corrected chi connectivity index (χ2v) is 12.8. The van der Waals surface area contributed by atoms with Gasteiger partial charge in [-0.05, 0) is 49.0 Å². The predicted octanol–water partition coefficient (Wildman–Crippen LogP) is 3.47. The Morgan fingerprint density at radius 3 is 1.55 bits per heavy atom. The monoisotopic (exact) mass is 694 g/mol. The first-order chi connectivity index (χ1) is 23.3. The fourth-order valence-electron chi connectivity index (χ4n) is 6.65. The maximum Gasteiger partial charge on any atom is 0.261 e. The second-order valence-electron chi connectivity index (χ2n) is 12.8. The molecule has 0 atom stereocenters. The van der Waals surface area contributed by atoms with E-state index < -0.39 is 11.8 Å². The van der Waals surface area contributed by atoms with Crippen LogP contribution in [0.1, 0.15) is 78.5 Å². The van der Waals surface area contributed by atoms with Gasteiger partial charge < -0.3 is 15.5 Å². The van der Waals surface area contributed by atoms with E-state index >= 15 is 0 Å². The van der Waals surface area contributed by atoms with Gasteiger partial charge in [0.1, 0.15) is 0 Å². The number of imide groups is 1. The number of fused-ring (bicyclic) bond motifs is 3. The highest BCUT2D eigenvalue weighted by molar-refractivity contribution is 6.21. The fraction of sp³-hybridized carbons (Fsp3) is 0.412. The highest BCUT2D eigenvalue weighted by Crippen LogP contribution is 2.33. The van der Waals surface area contributed by atoms with Gasteiger partial charge in [0.05, 0.1) is 78.3 Å². The predicted molar refractivity (Wildman–Crippen MR) is 176 cm³/mol. The number of aromatic nitrogens is 4. The van der Waals surface area contributed by atoms with E-state index in [4.69, 9.17) is 5.73 Å². The Morgan fingerprint density at radius 1 is 0.694 bits per heavy atom. The number of hydrogen-bond acceptors (Lipinski definition) is 7. The number of hydrogen-bond donors (Lipinski definition) is 1. The molecule has 15 heteroatoms. The topological polar surface area (TPSA) is 140 Å². The molecule has 0 bridgehead atoms.